The van der Waals surface area contributed by atoms with Crippen LogP contribution in [-0.2, 0) is 13.1 Å². The predicted molar refractivity (Wildman–Crippen MR) is 75.0 cm³/mol. The Bertz CT molecular complexity index is 590. The van der Waals surface area contributed by atoms with Crippen molar-refractivity contribution in [2.24, 2.45) is 0 Å². The van der Waals surface area contributed by atoms with Gasteiger partial charge in [0.2, 0.25) is 0 Å². The molecule has 0 spiro atoms. The van der Waals surface area contributed by atoms with E-state index in [-0.39, 0.29) is 6.54 Å². The van der Waals surface area contributed by atoms with Gasteiger partial charge >= 0.3 is 6.18 Å². The van der Waals surface area contributed by atoms with E-state index in [1.807, 2.05) is 13.0 Å². The van der Waals surface area contributed by atoms with Crippen molar-refractivity contribution in [1.82, 2.24) is 9.88 Å². The fourth-order valence-corrected chi connectivity index (χ4v) is 2.34. The van der Waals surface area contributed by atoms with Gasteiger partial charge in [0.05, 0.1) is 6.42 Å². The van der Waals surface area contributed by atoms with Crippen molar-refractivity contribution in [2.75, 3.05) is 6.54 Å². The summed E-state index contributed by atoms with van der Waals surface area (Å²) in [5, 5.41) is 4.66. The molecule has 110 valence electrons. The number of fused-ring (bicyclic) bond motifs is 1. The molecule has 2 aromatic rings. The Morgan fingerprint density at radius 3 is 2.70 bits per heavy atom. The largest absolute Gasteiger partial charge is 0.390 e. The minimum absolute atomic E-state index is 0.0908. The van der Waals surface area contributed by atoms with Crippen LogP contribution in [0.25, 0.3) is 10.9 Å². The second-order valence-corrected chi connectivity index (χ2v) is 5.09. The number of hydrogen-bond acceptors (Lipinski definition) is 1. The molecule has 1 heterocycles. The maximum Gasteiger partial charge on any atom is 0.390 e. The van der Waals surface area contributed by atoms with Crippen molar-refractivity contribution in [2.45, 2.75) is 32.6 Å². The van der Waals surface area contributed by atoms with Crippen LogP contribution in [0, 0.1) is 0 Å². The molecule has 1 aromatic heterocycles. The van der Waals surface area contributed by atoms with Gasteiger partial charge in [0.15, 0.2) is 0 Å². The zero-order chi connectivity index (χ0) is 14.8. The molecular weight excluding hydrogens is 289 g/mol. The smallest absolute Gasteiger partial charge is 0.347 e. The summed E-state index contributed by atoms with van der Waals surface area (Å²) in [5.41, 5.74) is 1.73. The summed E-state index contributed by atoms with van der Waals surface area (Å²) in [5.74, 6) is 0. The van der Waals surface area contributed by atoms with Gasteiger partial charge in [-0.3, -0.25) is 0 Å². The van der Waals surface area contributed by atoms with Crippen molar-refractivity contribution in [1.29, 1.82) is 0 Å². The Balaban J connectivity index is 2.34. The highest BCUT2D eigenvalue weighted by Gasteiger charge is 2.27. The number of halogens is 4. The molecule has 0 bridgehead atoms. The average Bonchev–Trinajstić information content (AvgIpc) is 2.70. The highest BCUT2D eigenvalue weighted by molar-refractivity contribution is 6.31. The van der Waals surface area contributed by atoms with E-state index in [9.17, 15) is 13.2 Å². The molecule has 0 aliphatic carbocycles. The lowest BCUT2D eigenvalue weighted by Gasteiger charge is -2.08. The Hall–Kier alpha value is -1.20. The van der Waals surface area contributed by atoms with Crippen LogP contribution in [0.2, 0.25) is 5.02 Å². The molecule has 0 saturated carbocycles. The third-order valence-electron chi connectivity index (χ3n) is 3.13. The number of hydrogen-bond donors (Lipinski definition) is 1. The van der Waals surface area contributed by atoms with Gasteiger partial charge in [-0.05, 0) is 24.2 Å². The second kappa shape index (κ2) is 6.06. The lowest BCUT2D eigenvalue weighted by atomic mass is 10.2. The van der Waals surface area contributed by atoms with E-state index in [0.29, 0.717) is 11.6 Å². The molecule has 1 aromatic carbocycles. The van der Waals surface area contributed by atoms with Crippen molar-refractivity contribution < 1.29 is 13.2 Å². The quantitative estimate of drug-likeness (QED) is 0.868. The fraction of sp³-hybridized carbons (Fsp3) is 0.429. The summed E-state index contributed by atoms with van der Waals surface area (Å²) in [4.78, 5) is 0. The SMILES string of the molecule is CCNCc1cn(CCC(F)(F)F)c2cc(Cl)ccc12. The fourth-order valence-electron chi connectivity index (χ4n) is 2.17. The van der Waals surface area contributed by atoms with Crippen LogP contribution >= 0.6 is 11.6 Å². The van der Waals surface area contributed by atoms with E-state index in [1.165, 1.54) is 0 Å². The van der Waals surface area contributed by atoms with Crippen LogP contribution in [0.4, 0.5) is 13.2 Å². The third kappa shape index (κ3) is 3.67. The molecule has 0 atom stereocenters. The van der Waals surface area contributed by atoms with Crippen LogP contribution in [0.5, 0.6) is 0 Å². The average molecular weight is 305 g/mol. The number of rotatable bonds is 5. The molecular formula is C14H16ClF3N2. The molecule has 0 aliphatic rings. The molecule has 0 amide bonds. The Morgan fingerprint density at radius 1 is 1.30 bits per heavy atom. The molecule has 1 N–H and O–H groups in total. The molecule has 0 fully saturated rings. The first-order chi connectivity index (χ1) is 9.40. The summed E-state index contributed by atoms with van der Waals surface area (Å²) < 4.78 is 38.8. The lowest BCUT2D eigenvalue weighted by Crippen LogP contribution is -2.12. The van der Waals surface area contributed by atoms with E-state index >= 15 is 0 Å². The van der Waals surface area contributed by atoms with Crippen molar-refractivity contribution in [3.05, 3.63) is 35.0 Å². The number of benzene rings is 1. The standard InChI is InChI=1S/C14H16ClF3N2/c1-2-19-8-10-9-20(6-5-14(16,17)18)13-7-11(15)3-4-12(10)13/h3-4,7,9,19H,2,5-6,8H2,1H3. The lowest BCUT2D eigenvalue weighted by molar-refractivity contribution is -0.136. The molecule has 20 heavy (non-hydrogen) atoms. The monoisotopic (exact) mass is 304 g/mol. The number of nitrogens with one attached hydrogen (secondary N) is 1. The molecule has 6 heteroatoms. The molecule has 0 unspecified atom stereocenters. The number of aryl methyl sites for hydroxylation is 1. The minimum atomic E-state index is -4.16. The van der Waals surface area contributed by atoms with Crippen molar-refractivity contribution >= 4 is 22.5 Å². The van der Waals surface area contributed by atoms with E-state index in [4.69, 9.17) is 11.6 Å². The zero-order valence-electron chi connectivity index (χ0n) is 11.1. The van der Waals surface area contributed by atoms with Gasteiger partial charge in [0.25, 0.3) is 0 Å². The van der Waals surface area contributed by atoms with Gasteiger partial charge in [0, 0.05) is 35.2 Å². The van der Waals surface area contributed by atoms with Gasteiger partial charge in [0.1, 0.15) is 0 Å². The van der Waals surface area contributed by atoms with Crippen LogP contribution in [0.3, 0.4) is 0 Å². The van der Waals surface area contributed by atoms with Crippen LogP contribution in [0.15, 0.2) is 24.4 Å². The first-order valence-electron chi connectivity index (χ1n) is 6.45. The van der Waals surface area contributed by atoms with Crippen molar-refractivity contribution in [3.63, 3.8) is 0 Å². The number of aromatic nitrogens is 1. The van der Waals surface area contributed by atoms with Crippen LogP contribution in [0.1, 0.15) is 18.9 Å². The zero-order valence-corrected chi connectivity index (χ0v) is 11.9. The Labute approximate surface area is 120 Å². The first kappa shape index (κ1) is 15.2. The van der Waals surface area contributed by atoms with Crippen LogP contribution in [-0.4, -0.2) is 17.3 Å². The van der Waals surface area contributed by atoms with Gasteiger partial charge in [-0.1, -0.05) is 24.6 Å². The molecule has 2 nitrogen and oxygen atoms in total. The maximum absolute atomic E-state index is 12.4. The van der Waals surface area contributed by atoms with Gasteiger partial charge < -0.3 is 9.88 Å². The van der Waals surface area contributed by atoms with Gasteiger partial charge in [-0.25, -0.2) is 0 Å². The highest BCUT2D eigenvalue weighted by atomic mass is 35.5. The summed E-state index contributed by atoms with van der Waals surface area (Å²) >= 11 is 5.94. The highest BCUT2D eigenvalue weighted by Crippen LogP contribution is 2.27. The predicted octanol–water partition coefficient (Wildman–Crippen LogP) is 4.36. The Morgan fingerprint density at radius 2 is 2.05 bits per heavy atom. The molecule has 0 aliphatic heterocycles. The van der Waals surface area contributed by atoms with E-state index in [2.05, 4.69) is 5.32 Å². The first-order valence-corrected chi connectivity index (χ1v) is 6.83. The molecule has 2 rings (SSSR count). The van der Waals surface area contributed by atoms with E-state index < -0.39 is 12.6 Å². The van der Waals surface area contributed by atoms with E-state index in [0.717, 1.165) is 23.0 Å². The second-order valence-electron chi connectivity index (χ2n) is 4.65. The van der Waals surface area contributed by atoms with Gasteiger partial charge in [-0.15, -0.1) is 0 Å². The number of nitrogens with zero attached hydrogens (tertiary/aromatic N) is 1. The summed E-state index contributed by atoms with van der Waals surface area (Å²) in [6.45, 7) is 3.34. The van der Waals surface area contributed by atoms with Crippen LogP contribution < -0.4 is 5.32 Å². The topological polar surface area (TPSA) is 17.0 Å². The third-order valence-corrected chi connectivity index (χ3v) is 3.36. The number of alkyl halides is 3. The summed E-state index contributed by atoms with van der Waals surface area (Å²) in [6.07, 6.45) is -3.23. The van der Waals surface area contributed by atoms with E-state index in [1.54, 1.807) is 22.9 Å². The molecule has 0 saturated heterocycles. The maximum atomic E-state index is 12.4. The normalized spacial score (nSPS) is 12.2. The molecule has 0 radical (unpaired) electrons. The van der Waals surface area contributed by atoms with Gasteiger partial charge in [-0.2, -0.15) is 13.2 Å². The summed E-state index contributed by atoms with van der Waals surface area (Å²) in [6, 6.07) is 5.32. The summed E-state index contributed by atoms with van der Waals surface area (Å²) in [7, 11) is 0. The Kier molecular flexibility index (Phi) is 4.60. The minimum Gasteiger partial charge on any atom is -0.347 e. The van der Waals surface area contributed by atoms with Crippen molar-refractivity contribution in [3.8, 4) is 0 Å².